The first-order valence-electron chi connectivity index (χ1n) is 4.56. The Bertz CT molecular complexity index is 176. The van der Waals surface area contributed by atoms with E-state index in [2.05, 4.69) is 11.9 Å². The average Bonchev–Trinajstić information content (AvgIpc) is 2.19. The molecule has 74 valence electrons. The zero-order valence-electron chi connectivity index (χ0n) is 7.79. The van der Waals surface area contributed by atoms with Crippen molar-refractivity contribution in [2.24, 2.45) is 0 Å². The molecule has 0 aromatic carbocycles. The number of nitrogens with zero attached hydrogens (tertiary/aromatic N) is 1. The molecule has 1 rings (SSSR count). The zero-order chi connectivity index (χ0) is 9.52. The van der Waals surface area contributed by atoms with Crippen molar-refractivity contribution in [2.75, 3.05) is 32.8 Å². The summed E-state index contributed by atoms with van der Waals surface area (Å²) < 4.78 is 5.14. The minimum absolute atomic E-state index is 0.00477. The summed E-state index contributed by atoms with van der Waals surface area (Å²) in [5.41, 5.74) is 0. The molecule has 0 bridgehead atoms. The summed E-state index contributed by atoms with van der Waals surface area (Å²) in [5.74, 6) is 0. The molecule has 0 aromatic heterocycles. The summed E-state index contributed by atoms with van der Waals surface area (Å²) >= 11 is 0. The highest BCUT2D eigenvalue weighted by atomic mass is 16.5. The van der Waals surface area contributed by atoms with Crippen molar-refractivity contribution in [3.8, 4) is 0 Å². The number of urea groups is 1. The van der Waals surface area contributed by atoms with Gasteiger partial charge in [-0.1, -0.05) is 6.08 Å². The van der Waals surface area contributed by atoms with Crippen LogP contribution in [0.1, 0.15) is 6.42 Å². The number of carbonyl (C=O) groups excluding carboxylic acids is 1. The van der Waals surface area contributed by atoms with Gasteiger partial charge in [0.1, 0.15) is 0 Å². The Morgan fingerprint density at radius 1 is 1.54 bits per heavy atom. The first-order chi connectivity index (χ1) is 6.34. The molecule has 1 heterocycles. The fourth-order valence-corrected chi connectivity index (χ4v) is 1.16. The van der Waals surface area contributed by atoms with E-state index in [1.807, 2.05) is 0 Å². The van der Waals surface area contributed by atoms with Gasteiger partial charge >= 0.3 is 6.03 Å². The highest BCUT2D eigenvalue weighted by Gasteiger charge is 2.15. The van der Waals surface area contributed by atoms with Crippen LogP contribution in [0.25, 0.3) is 0 Å². The Hall–Kier alpha value is -1.03. The third-order valence-electron chi connectivity index (χ3n) is 1.92. The van der Waals surface area contributed by atoms with E-state index in [9.17, 15) is 4.79 Å². The lowest BCUT2D eigenvalue weighted by atomic mass is 10.4. The number of hydrogen-bond acceptors (Lipinski definition) is 2. The molecule has 0 aromatic rings. The molecule has 1 N–H and O–H groups in total. The minimum Gasteiger partial charge on any atom is -0.378 e. The van der Waals surface area contributed by atoms with Crippen LogP contribution in [-0.2, 0) is 4.74 Å². The van der Waals surface area contributed by atoms with E-state index < -0.39 is 0 Å². The molecule has 4 nitrogen and oxygen atoms in total. The van der Waals surface area contributed by atoms with Crippen molar-refractivity contribution in [1.82, 2.24) is 10.2 Å². The number of hydrogen-bond donors (Lipinski definition) is 1. The Morgan fingerprint density at radius 2 is 2.23 bits per heavy atom. The van der Waals surface area contributed by atoms with Crippen LogP contribution in [0.5, 0.6) is 0 Å². The van der Waals surface area contributed by atoms with Gasteiger partial charge in [-0.3, -0.25) is 0 Å². The van der Waals surface area contributed by atoms with Gasteiger partial charge in [-0.15, -0.1) is 6.58 Å². The van der Waals surface area contributed by atoms with Crippen molar-refractivity contribution in [1.29, 1.82) is 0 Å². The molecular weight excluding hydrogens is 168 g/mol. The molecule has 0 saturated carbocycles. The number of amides is 2. The summed E-state index contributed by atoms with van der Waals surface area (Å²) in [6.07, 6.45) is 2.61. The number of rotatable bonds is 3. The van der Waals surface area contributed by atoms with Gasteiger partial charge in [0.2, 0.25) is 0 Å². The van der Waals surface area contributed by atoms with Crippen molar-refractivity contribution in [3.63, 3.8) is 0 Å². The van der Waals surface area contributed by atoms with Gasteiger partial charge in [0.25, 0.3) is 0 Å². The lowest BCUT2D eigenvalue weighted by Crippen LogP contribution is -2.46. The van der Waals surface area contributed by atoms with Gasteiger partial charge < -0.3 is 15.0 Å². The van der Waals surface area contributed by atoms with Crippen LogP contribution in [0.15, 0.2) is 12.7 Å². The van der Waals surface area contributed by atoms with Crippen LogP contribution >= 0.6 is 0 Å². The highest BCUT2D eigenvalue weighted by molar-refractivity contribution is 5.74. The second kappa shape index (κ2) is 5.59. The molecule has 0 spiro atoms. The maximum atomic E-state index is 11.4. The number of carbonyl (C=O) groups is 1. The molecule has 1 saturated heterocycles. The van der Waals surface area contributed by atoms with E-state index in [0.717, 1.165) is 6.42 Å². The van der Waals surface area contributed by atoms with Gasteiger partial charge in [0, 0.05) is 19.6 Å². The molecule has 0 atom stereocenters. The third-order valence-corrected chi connectivity index (χ3v) is 1.92. The first-order valence-corrected chi connectivity index (χ1v) is 4.56. The molecule has 13 heavy (non-hydrogen) atoms. The SMILES string of the molecule is C=CCCNC(=O)N1CCOCC1. The number of ether oxygens (including phenoxy) is 1. The fraction of sp³-hybridized carbons (Fsp3) is 0.667. The van der Waals surface area contributed by atoms with E-state index >= 15 is 0 Å². The van der Waals surface area contributed by atoms with E-state index in [1.165, 1.54) is 0 Å². The largest absolute Gasteiger partial charge is 0.378 e. The topological polar surface area (TPSA) is 41.6 Å². The summed E-state index contributed by atoms with van der Waals surface area (Å²) in [6, 6.07) is 0.00477. The van der Waals surface area contributed by atoms with Crippen LogP contribution in [0, 0.1) is 0 Å². The van der Waals surface area contributed by atoms with Crippen LogP contribution in [0.3, 0.4) is 0 Å². The van der Waals surface area contributed by atoms with Crippen LogP contribution < -0.4 is 5.32 Å². The summed E-state index contributed by atoms with van der Waals surface area (Å²) in [6.45, 7) is 6.94. The monoisotopic (exact) mass is 184 g/mol. The lowest BCUT2D eigenvalue weighted by molar-refractivity contribution is 0.0533. The molecule has 1 aliphatic rings. The molecular formula is C9H16N2O2. The Balaban J connectivity index is 2.17. The van der Waals surface area contributed by atoms with E-state index in [1.54, 1.807) is 11.0 Å². The molecule has 2 amide bonds. The van der Waals surface area contributed by atoms with E-state index in [0.29, 0.717) is 32.8 Å². The maximum absolute atomic E-state index is 11.4. The number of morpholine rings is 1. The predicted octanol–water partition coefficient (Wildman–Crippen LogP) is 0.604. The van der Waals surface area contributed by atoms with Gasteiger partial charge in [-0.05, 0) is 6.42 Å². The second-order valence-electron chi connectivity index (χ2n) is 2.91. The standard InChI is InChI=1S/C9H16N2O2/c1-2-3-4-10-9(12)11-5-7-13-8-6-11/h2H,1,3-8H2,(H,10,12). The van der Waals surface area contributed by atoms with Crippen LogP contribution in [0.4, 0.5) is 4.79 Å². The van der Waals surface area contributed by atoms with Gasteiger partial charge in [0.05, 0.1) is 13.2 Å². The molecule has 4 heteroatoms. The third kappa shape index (κ3) is 3.46. The lowest BCUT2D eigenvalue weighted by Gasteiger charge is -2.26. The zero-order valence-corrected chi connectivity index (χ0v) is 7.79. The van der Waals surface area contributed by atoms with Crippen molar-refractivity contribution in [3.05, 3.63) is 12.7 Å². The smallest absolute Gasteiger partial charge is 0.317 e. The van der Waals surface area contributed by atoms with Gasteiger partial charge in [0.15, 0.2) is 0 Å². The maximum Gasteiger partial charge on any atom is 0.317 e. The Morgan fingerprint density at radius 3 is 2.85 bits per heavy atom. The molecule has 0 radical (unpaired) electrons. The highest BCUT2D eigenvalue weighted by Crippen LogP contribution is 1.96. The second-order valence-corrected chi connectivity index (χ2v) is 2.91. The van der Waals surface area contributed by atoms with E-state index in [4.69, 9.17) is 4.74 Å². The van der Waals surface area contributed by atoms with Gasteiger partial charge in [-0.2, -0.15) is 0 Å². The van der Waals surface area contributed by atoms with Crippen molar-refractivity contribution in [2.45, 2.75) is 6.42 Å². The summed E-state index contributed by atoms with van der Waals surface area (Å²) in [4.78, 5) is 13.2. The Labute approximate surface area is 78.5 Å². The fourth-order valence-electron chi connectivity index (χ4n) is 1.16. The summed E-state index contributed by atoms with van der Waals surface area (Å²) in [7, 11) is 0. The van der Waals surface area contributed by atoms with Crippen LogP contribution in [0.2, 0.25) is 0 Å². The average molecular weight is 184 g/mol. The first kappa shape index (κ1) is 10.1. The minimum atomic E-state index is 0.00477. The van der Waals surface area contributed by atoms with Crippen molar-refractivity contribution >= 4 is 6.03 Å². The normalized spacial score (nSPS) is 16.8. The molecule has 0 aliphatic carbocycles. The number of nitrogens with one attached hydrogen (secondary N) is 1. The quantitative estimate of drug-likeness (QED) is 0.515. The Kier molecular flexibility index (Phi) is 4.32. The van der Waals surface area contributed by atoms with Crippen molar-refractivity contribution < 1.29 is 9.53 Å². The van der Waals surface area contributed by atoms with Gasteiger partial charge in [-0.25, -0.2) is 4.79 Å². The van der Waals surface area contributed by atoms with Crippen LogP contribution in [-0.4, -0.2) is 43.8 Å². The summed E-state index contributed by atoms with van der Waals surface area (Å²) in [5, 5.41) is 2.81. The molecule has 0 unspecified atom stereocenters. The molecule has 1 aliphatic heterocycles. The molecule has 1 fully saturated rings. The van der Waals surface area contributed by atoms with E-state index in [-0.39, 0.29) is 6.03 Å². The predicted molar refractivity (Wildman–Crippen MR) is 50.6 cm³/mol.